The van der Waals surface area contributed by atoms with Crippen molar-refractivity contribution in [3.63, 3.8) is 0 Å². The highest BCUT2D eigenvalue weighted by Crippen LogP contribution is 2.38. The number of benzene rings is 2. The van der Waals surface area contributed by atoms with E-state index in [1.54, 1.807) is 32.0 Å². The Balaban J connectivity index is 2.25. The summed E-state index contributed by atoms with van der Waals surface area (Å²) in [6, 6.07) is 8.94. The maximum absolute atomic E-state index is 11.3. The molecule has 0 spiro atoms. The molecule has 0 atom stereocenters. The van der Waals surface area contributed by atoms with Crippen LogP contribution >= 0.6 is 0 Å². The number of hydrogen-bond acceptors (Lipinski definition) is 7. The number of nitro benzene ring substituents is 1. The summed E-state index contributed by atoms with van der Waals surface area (Å²) in [5.41, 5.74) is 3.70. The summed E-state index contributed by atoms with van der Waals surface area (Å²) in [6.45, 7) is 4.09. The molecule has 0 amide bonds. The standard InChI is InChI=1S/C18H19N3O6/c1-3-26-16-10-12(9-15(21(24)25)17(16)27-4-2)11-19-20-14-7-5-13(6-8-14)18(22)23/h5-11,20H,3-4H2,1-2H3,(H,22,23). The van der Waals surface area contributed by atoms with Crippen molar-refractivity contribution in [3.8, 4) is 11.5 Å². The number of rotatable bonds is 9. The van der Waals surface area contributed by atoms with Gasteiger partial charge in [0.2, 0.25) is 5.75 Å². The SMILES string of the molecule is CCOc1cc(C=NNc2ccc(C(=O)O)cc2)cc([N+](=O)[O-])c1OCC. The lowest BCUT2D eigenvalue weighted by atomic mass is 10.2. The lowest BCUT2D eigenvalue weighted by Gasteiger charge is -2.11. The molecule has 0 aliphatic heterocycles. The van der Waals surface area contributed by atoms with Gasteiger partial charge in [-0.3, -0.25) is 15.5 Å². The lowest BCUT2D eigenvalue weighted by Crippen LogP contribution is -2.03. The number of anilines is 1. The maximum Gasteiger partial charge on any atom is 0.335 e. The molecule has 0 saturated carbocycles. The second-order valence-corrected chi connectivity index (χ2v) is 5.24. The van der Waals surface area contributed by atoms with Crippen molar-refractivity contribution in [2.45, 2.75) is 13.8 Å². The Kier molecular flexibility index (Phi) is 6.70. The molecule has 2 N–H and O–H groups in total. The highest BCUT2D eigenvalue weighted by molar-refractivity contribution is 5.88. The molecule has 0 heterocycles. The zero-order valence-electron chi connectivity index (χ0n) is 14.8. The Labute approximate surface area is 155 Å². The Hall–Kier alpha value is -3.62. The quantitative estimate of drug-likeness (QED) is 0.391. The summed E-state index contributed by atoms with van der Waals surface area (Å²) in [7, 11) is 0. The number of hydrazone groups is 1. The van der Waals surface area contributed by atoms with Gasteiger partial charge in [-0.05, 0) is 44.2 Å². The molecule has 2 aromatic carbocycles. The topological polar surface area (TPSA) is 123 Å². The largest absolute Gasteiger partial charge is 0.490 e. The van der Waals surface area contributed by atoms with E-state index in [0.717, 1.165) is 0 Å². The zero-order valence-corrected chi connectivity index (χ0v) is 14.8. The molecule has 0 aromatic heterocycles. The third-order valence-electron chi connectivity index (χ3n) is 3.38. The molecular formula is C18H19N3O6. The smallest absolute Gasteiger partial charge is 0.335 e. The first-order chi connectivity index (χ1) is 13.0. The molecule has 0 saturated heterocycles. The lowest BCUT2D eigenvalue weighted by molar-refractivity contribution is -0.385. The number of ether oxygens (including phenoxy) is 2. The van der Waals surface area contributed by atoms with Crippen LogP contribution in [0.25, 0.3) is 0 Å². The molecule has 142 valence electrons. The van der Waals surface area contributed by atoms with E-state index in [-0.39, 0.29) is 29.4 Å². The van der Waals surface area contributed by atoms with Gasteiger partial charge < -0.3 is 14.6 Å². The van der Waals surface area contributed by atoms with Gasteiger partial charge in [0.05, 0.1) is 35.6 Å². The average molecular weight is 373 g/mol. The van der Waals surface area contributed by atoms with Crippen LogP contribution in [0.1, 0.15) is 29.8 Å². The molecule has 9 nitrogen and oxygen atoms in total. The highest BCUT2D eigenvalue weighted by atomic mass is 16.6. The van der Waals surface area contributed by atoms with E-state index in [4.69, 9.17) is 14.6 Å². The van der Waals surface area contributed by atoms with Gasteiger partial charge >= 0.3 is 11.7 Å². The number of carboxylic acid groups (broad SMARTS) is 1. The summed E-state index contributed by atoms with van der Waals surface area (Å²) in [5.74, 6) is -0.672. The first-order valence-electron chi connectivity index (χ1n) is 8.16. The molecule has 27 heavy (non-hydrogen) atoms. The van der Waals surface area contributed by atoms with Gasteiger partial charge in [0, 0.05) is 11.6 Å². The van der Waals surface area contributed by atoms with Crippen LogP contribution in [0.5, 0.6) is 11.5 Å². The molecule has 2 aromatic rings. The van der Waals surface area contributed by atoms with E-state index < -0.39 is 10.9 Å². The highest BCUT2D eigenvalue weighted by Gasteiger charge is 2.22. The number of nitrogens with one attached hydrogen (secondary N) is 1. The monoisotopic (exact) mass is 373 g/mol. The minimum Gasteiger partial charge on any atom is -0.490 e. The van der Waals surface area contributed by atoms with Gasteiger partial charge in [-0.15, -0.1) is 0 Å². The molecule has 0 radical (unpaired) electrons. The number of carbonyl (C=O) groups is 1. The minimum atomic E-state index is -1.02. The molecule has 9 heteroatoms. The van der Waals surface area contributed by atoms with Crippen molar-refractivity contribution in [1.82, 2.24) is 0 Å². The predicted octanol–water partition coefficient (Wildman–Crippen LogP) is 3.54. The summed E-state index contributed by atoms with van der Waals surface area (Å²) in [6.07, 6.45) is 1.40. The van der Waals surface area contributed by atoms with Crippen LogP contribution in [0.2, 0.25) is 0 Å². The Morgan fingerprint density at radius 2 is 1.89 bits per heavy atom. The van der Waals surface area contributed by atoms with Crippen LogP contribution in [0, 0.1) is 10.1 Å². The van der Waals surface area contributed by atoms with Crippen LogP contribution in [0.3, 0.4) is 0 Å². The minimum absolute atomic E-state index is 0.0821. The second kappa shape index (κ2) is 9.18. The van der Waals surface area contributed by atoms with E-state index in [2.05, 4.69) is 10.5 Å². The third kappa shape index (κ3) is 5.18. The fourth-order valence-corrected chi connectivity index (χ4v) is 2.24. The van der Waals surface area contributed by atoms with Gasteiger partial charge in [-0.1, -0.05) is 0 Å². The van der Waals surface area contributed by atoms with E-state index >= 15 is 0 Å². The number of hydrogen-bond donors (Lipinski definition) is 2. The summed E-state index contributed by atoms with van der Waals surface area (Å²) < 4.78 is 10.8. The van der Waals surface area contributed by atoms with Crippen molar-refractivity contribution in [3.05, 3.63) is 57.6 Å². The van der Waals surface area contributed by atoms with Crippen molar-refractivity contribution in [2.24, 2.45) is 5.10 Å². The van der Waals surface area contributed by atoms with Gasteiger partial charge in [0.1, 0.15) is 0 Å². The molecule has 0 aliphatic carbocycles. The van der Waals surface area contributed by atoms with Crippen LogP contribution in [-0.2, 0) is 0 Å². The van der Waals surface area contributed by atoms with Gasteiger partial charge in [-0.25, -0.2) is 4.79 Å². The van der Waals surface area contributed by atoms with E-state index in [0.29, 0.717) is 17.9 Å². The van der Waals surface area contributed by atoms with Crippen LogP contribution < -0.4 is 14.9 Å². The maximum atomic E-state index is 11.3. The summed E-state index contributed by atoms with van der Waals surface area (Å²) in [5, 5.41) is 24.2. The molecular weight excluding hydrogens is 354 g/mol. The average Bonchev–Trinajstić information content (AvgIpc) is 2.64. The van der Waals surface area contributed by atoms with E-state index in [1.807, 2.05) is 0 Å². The second-order valence-electron chi connectivity index (χ2n) is 5.24. The van der Waals surface area contributed by atoms with E-state index in [9.17, 15) is 14.9 Å². The van der Waals surface area contributed by atoms with Crippen molar-refractivity contribution < 1.29 is 24.3 Å². The predicted molar refractivity (Wildman–Crippen MR) is 100 cm³/mol. The Morgan fingerprint density at radius 3 is 2.44 bits per heavy atom. The number of nitro groups is 1. The summed E-state index contributed by atoms with van der Waals surface area (Å²) >= 11 is 0. The van der Waals surface area contributed by atoms with Crippen molar-refractivity contribution >= 4 is 23.6 Å². The van der Waals surface area contributed by atoms with Crippen LogP contribution in [0.4, 0.5) is 11.4 Å². The zero-order chi connectivity index (χ0) is 19.8. The molecule has 0 bridgehead atoms. The number of nitrogens with zero attached hydrogens (tertiary/aromatic N) is 2. The summed E-state index contributed by atoms with van der Waals surface area (Å²) in [4.78, 5) is 21.6. The van der Waals surface area contributed by atoms with Crippen molar-refractivity contribution in [1.29, 1.82) is 0 Å². The van der Waals surface area contributed by atoms with Gasteiger partial charge in [-0.2, -0.15) is 5.10 Å². The van der Waals surface area contributed by atoms with Crippen LogP contribution in [-0.4, -0.2) is 35.4 Å². The Morgan fingerprint density at radius 1 is 1.22 bits per heavy atom. The molecule has 0 fully saturated rings. The first kappa shape index (κ1) is 19.7. The third-order valence-corrected chi connectivity index (χ3v) is 3.38. The van der Waals surface area contributed by atoms with Gasteiger partial charge in [0.25, 0.3) is 0 Å². The van der Waals surface area contributed by atoms with E-state index in [1.165, 1.54) is 24.4 Å². The van der Waals surface area contributed by atoms with Crippen molar-refractivity contribution in [2.75, 3.05) is 18.6 Å². The Bertz CT molecular complexity index is 849. The van der Waals surface area contributed by atoms with Crippen LogP contribution in [0.15, 0.2) is 41.5 Å². The molecule has 0 unspecified atom stereocenters. The molecule has 2 rings (SSSR count). The fraction of sp³-hybridized carbons (Fsp3) is 0.222. The fourth-order valence-electron chi connectivity index (χ4n) is 2.24. The first-order valence-corrected chi connectivity index (χ1v) is 8.16. The van der Waals surface area contributed by atoms with Gasteiger partial charge in [0.15, 0.2) is 5.75 Å². The number of carboxylic acids is 1. The molecule has 0 aliphatic rings. The number of aromatic carboxylic acids is 1. The normalized spacial score (nSPS) is 10.6.